The van der Waals surface area contributed by atoms with Gasteiger partial charge in [-0.3, -0.25) is 0 Å². The Balaban J connectivity index is 0.000000680. The van der Waals surface area contributed by atoms with E-state index in [1.54, 1.807) is 0 Å². The normalized spacial score (nSPS) is 11.5. The third-order valence-corrected chi connectivity index (χ3v) is 8.29. The SMILES string of the molecule is C/C=C\C.c1ccc2cc(-c3ccc4cc5cc(-c6ccc7c(ccc8ccccc87)c6)ccc5cc4c3)ccc2c1. The summed E-state index contributed by atoms with van der Waals surface area (Å²) in [5.41, 5.74) is 5.01. The maximum absolute atomic E-state index is 2.33. The van der Waals surface area contributed by atoms with Crippen molar-refractivity contribution < 1.29 is 0 Å². The van der Waals surface area contributed by atoms with Crippen molar-refractivity contribution in [3.05, 3.63) is 158 Å². The van der Waals surface area contributed by atoms with Crippen molar-refractivity contribution in [1.82, 2.24) is 0 Å². The molecule has 8 aromatic rings. The van der Waals surface area contributed by atoms with Gasteiger partial charge in [-0.15, -0.1) is 0 Å². The number of hydrogen-bond donors (Lipinski definition) is 0. The molecule has 0 aliphatic heterocycles. The summed E-state index contributed by atoms with van der Waals surface area (Å²) in [6, 6.07) is 53.5. The van der Waals surface area contributed by atoms with Gasteiger partial charge < -0.3 is 0 Å². The summed E-state index contributed by atoms with van der Waals surface area (Å²) in [5.74, 6) is 0. The molecule has 0 nitrogen and oxygen atoms in total. The summed E-state index contributed by atoms with van der Waals surface area (Å²) in [5, 5.41) is 12.8. The molecule has 0 aliphatic rings. The largest absolute Gasteiger partial charge is 0.0919 e. The molecule has 0 saturated carbocycles. The molecule has 8 rings (SSSR count). The summed E-state index contributed by atoms with van der Waals surface area (Å²) in [7, 11) is 0. The van der Waals surface area contributed by atoms with Gasteiger partial charge in [0.15, 0.2) is 0 Å². The zero-order chi connectivity index (χ0) is 28.5. The molecule has 200 valence electrons. The number of fused-ring (bicyclic) bond motifs is 6. The lowest BCUT2D eigenvalue weighted by molar-refractivity contribution is 1.64. The van der Waals surface area contributed by atoms with E-state index in [4.69, 9.17) is 0 Å². The van der Waals surface area contributed by atoms with Gasteiger partial charge in [0.25, 0.3) is 0 Å². The van der Waals surface area contributed by atoms with Crippen LogP contribution in [0.25, 0.3) is 76.1 Å². The predicted octanol–water partition coefficient (Wildman–Crippen LogP) is 12.4. The van der Waals surface area contributed by atoms with Crippen LogP contribution in [0.2, 0.25) is 0 Å². The van der Waals surface area contributed by atoms with Crippen LogP contribution >= 0.6 is 0 Å². The molecular weight excluding hydrogens is 504 g/mol. The lowest BCUT2D eigenvalue weighted by Gasteiger charge is -2.10. The summed E-state index contributed by atoms with van der Waals surface area (Å²) in [4.78, 5) is 0. The van der Waals surface area contributed by atoms with Crippen LogP contribution < -0.4 is 0 Å². The van der Waals surface area contributed by atoms with Gasteiger partial charge in [-0.05, 0) is 126 Å². The Morgan fingerprint density at radius 2 is 0.667 bits per heavy atom. The average molecular weight is 537 g/mol. The van der Waals surface area contributed by atoms with Crippen LogP contribution in [0.15, 0.2) is 158 Å². The van der Waals surface area contributed by atoms with Gasteiger partial charge in [0, 0.05) is 0 Å². The molecule has 0 unspecified atom stereocenters. The number of allylic oxidation sites excluding steroid dienone is 2. The minimum atomic E-state index is 1.25. The summed E-state index contributed by atoms with van der Waals surface area (Å²) >= 11 is 0. The topological polar surface area (TPSA) is 0 Å². The lowest BCUT2D eigenvalue weighted by atomic mass is 9.94. The highest BCUT2D eigenvalue weighted by atomic mass is 14.1. The molecule has 0 atom stereocenters. The Labute approximate surface area is 247 Å². The first-order valence-corrected chi connectivity index (χ1v) is 14.7. The molecule has 0 fully saturated rings. The Morgan fingerprint density at radius 1 is 0.286 bits per heavy atom. The van der Waals surface area contributed by atoms with Gasteiger partial charge in [-0.25, -0.2) is 0 Å². The third kappa shape index (κ3) is 4.82. The highest BCUT2D eigenvalue weighted by Gasteiger charge is 2.07. The van der Waals surface area contributed by atoms with Gasteiger partial charge in [0.1, 0.15) is 0 Å². The van der Waals surface area contributed by atoms with E-state index in [-0.39, 0.29) is 0 Å². The molecule has 0 spiro atoms. The first-order valence-electron chi connectivity index (χ1n) is 14.7. The highest BCUT2D eigenvalue weighted by Crippen LogP contribution is 2.34. The quantitative estimate of drug-likeness (QED) is 0.117. The number of benzene rings is 8. The van der Waals surface area contributed by atoms with Crippen LogP contribution in [-0.2, 0) is 0 Å². The molecule has 0 heterocycles. The molecule has 8 aromatic carbocycles. The van der Waals surface area contributed by atoms with Crippen LogP contribution in [0.5, 0.6) is 0 Å². The molecule has 0 saturated heterocycles. The molecule has 0 heteroatoms. The van der Waals surface area contributed by atoms with Gasteiger partial charge >= 0.3 is 0 Å². The van der Waals surface area contributed by atoms with Crippen LogP contribution in [0.4, 0.5) is 0 Å². The third-order valence-electron chi connectivity index (χ3n) is 8.29. The van der Waals surface area contributed by atoms with Crippen molar-refractivity contribution in [3.63, 3.8) is 0 Å². The first kappa shape index (κ1) is 25.7. The zero-order valence-corrected chi connectivity index (χ0v) is 24.0. The molecule has 42 heavy (non-hydrogen) atoms. The number of hydrogen-bond acceptors (Lipinski definition) is 0. The smallest absolute Gasteiger partial charge is 0.0105 e. The Bertz CT molecular complexity index is 2260. The fourth-order valence-corrected chi connectivity index (χ4v) is 5.92. The lowest BCUT2D eigenvalue weighted by Crippen LogP contribution is -1.84. The molecule has 0 amide bonds. The predicted molar refractivity (Wildman–Crippen MR) is 185 cm³/mol. The molecule has 0 N–H and O–H groups in total. The van der Waals surface area contributed by atoms with E-state index in [1.165, 1.54) is 76.1 Å². The van der Waals surface area contributed by atoms with E-state index < -0.39 is 0 Å². The van der Waals surface area contributed by atoms with E-state index in [0.29, 0.717) is 0 Å². The van der Waals surface area contributed by atoms with Crippen LogP contribution in [-0.4, -0.2) is 0 Å². The van der Waals surface area contributed by atoms with Crippen LogP contribution in [0.1, 0.15) is 13.8 Å². The van der Waals surface area contributed by atoms with Crippen molar-refractivity contribution in [2.75, 3.05) is 0 Å². The maximum atomic E-state index is 2.33. The Hall–Kier alpha value is -5.20. The Morgan fingerprint density at radius 3 is 1.29 bits per heavy atom. The molecule has 0 radical (unpaired) electrons. The maximum Gasteiger partial charge on any atom is -0.0105 e. The monoisotopic (exact) mass is 536 g/mol. The van der Waals surface area contributed by atoms with Gasteiger partial charge in [-0.1, -0.05) is 121 Å². The van der Waals surface area contributed by atoms with Crippen molar-refractivity contribution in [3.8, 4) is 22.3 Å². The second-order valence-electron chi connectivity index (χ2n) is 10.9. The number of rotatable bonds is 2. The van der Waals surface area contributed by atoms with Crippen molar-refractivity contribution in [1.29, 1.82) is 0 Å². The van der Waals surface area contributed by atoms with Crippen LogP contribution in [0.3, 0.4) is 0 Å². The van der Waals surface area contributed by atoms with E-state index >= 15 is 0 Å². The molecule has 0 bridgehead atoms. The first-order chi connectivity index (χ1) is 20.7. The standard InChI is InChI=1S/C38H24.C4H8/c1-2-7-27-19-28(11-9-25(27)5-1)29-12-14-32-24-36-22-30(13-15-33(36)23-35(32)21-29)31-17-18-38-34(20-31)16-10-26-6-3-4-8-37(26)38;1-3-4-2/h1-24H;3-4H,1-2H3/b;4-3-. The van der Waals surface area contributed by atoms with E-state index in [9.17, 15) is 0 Å². The van der Waals surface area contributed by atoms with Crippen molar-refractivity contribution >= 4 is 53.9 Å². The molecule has 0 aromatic heterocycles. The van der Waals surface area contributed by atoms with E-state index in [1.807, 2.05) is 26.0 Å². The summed E-state index contributed by atoms with van der Waals surface area (Å²) in [6.07, 6.45) is 4.00. The van der Waals surface area contributed by atoms with Gasteiger partial charge in [0.05, 0.1) is 0 Å². The fourth-order valence-electron chi connectivity index (χ4n) is 5.92. The van der Waals surface area contributed by atoms with Gasteiger partial charge in [-0.2, -0.15) is 0 Å². The van der Waals surface area contributed by atoms with Crippen molar-refractivity contribution in [2.45, 2.75) is 13.8 Å². The second kappa shape index (κ2) is 11.0. The fraction of sp³-hybridized carbons (Fsp3) is 0.0476. The zero-order valence-electron chi connectivity index (χ0n) is 24.0. The minimum Gasteiger partial charge on any atom is -0.0919 e. The minimum absolute atomic E-state index is 1.25. The van der Waals surface area contributed by atoms with Gasteiger partial charge in [0.2, 0.25) is 0 Å². The van der Waals surface area contributed by atoms with E-state index in [0.717, 1.165) is 0 Å². The van der Waals surface area contributed by atoms with Crippen molar-refractivity contribution in [2.24, 2.45) is 0 Å². The second-order valence-corrected chi connectivity index (χ2v) is 10.9. The highest BCUT2D eigenvalue weighted by molar-refractivity contribution is 6.09. The summed E-state index contributed by atoms with van der Waals surface area (Å²) < 4.78 is 0. The molecular formula is C42H32. The molecule has 0 aliphatic carbocycles. The Kier molecular flexibility index (Phi) is 6.74. The summed E-state index contributed by atoms with van der Waals surface area (Å²) in [6.45, 7) is 4.00. The van der Waals surface area contributed by atoms with E-state index in [2.05, 4.69) is 146 Å². The average Bonchev–Trinajstić information content (AvgIpc) is 3.06. The van der Waals surface area contributed by atoms with Crippen LogP contribution in [0, 0.1) is 0 Å².